The highest BCUT2D eigenvalue weighted by molar-refractivity contribution is 6.52. The molecular formula is C10H6F3NO2. The Morgan fingerprint density at radius 3 is 2.38 bits per heavy atom. The third-order valence-electron chi connectivity index (χ3n) is 2.32. The summed E-state index contributed by atoms with van der Waals surface area (Å²) in [6.07, 6.45) is 0. The quantitative estimate of drug-likeness (QED) is 0.720. The predicted octanol–water partition coefficient (Wildman–Crippen LogP) is 1.46. The number of carbonyl (C=O) groups is 2. The third-order valence-corrected chi connectivity index (χ3v) is 2.32. The molecule has 1 heterocycles. The van der Waals surface area contributed by atoms with E-state index in [1.807, 2.05) is 0 Å². The second-order valence-electron chi connectivity index (χ2n) is 3.23. The highest BCUT2D eigenvalue weighted by Crippen LogP contribution is 2.33. The first kappa shape index (κ1) is 10.7. The fraction of sp³-hybridized carbons (Fsp3) is 0.200. The van der Waals surface area contributed by atoms with Gasteiger partial charge in [0.15, 0.2) is 0 Å². The molecule has 1 aromatic rings. The summed E-state index contributed by atoms with van der Waals surface area (Å²) in [6, 6.07) is 1.56. The molecule has 0 saturated heterocycles. The van der Waals surface area contributed by atoms with E-state index in [1.165, 1.54) is 0 Å². The average Bonchev–Trinajstić information content (AvgIpc) is 2.50. The Bertz CT molecular complexity index is 487. The predicted molar refractivity (Wildman–Crippen MR) is 49.0 cm³/mol. The van der Waals surface area contributed by atoms with Crippen LogP contribution in [0.2, 0.25) is 0 Å². The van der Waals surface area contributed by atoms with Gasteiger partial charge in [-0.25, -0.2) is 13.2 Å². The molecule has 0 atom stereocenters. The number of Topliss-reactive ketones (excluding diaryl/α,β-unsaturated/α-hetero) is 1. The topological polar surface area (TPSA) is 37.4 Å². The Hall–Kier alpha value is -1.85. The van der Waals surface area contributed by atoms with E-state index in [2.05, 4.69) is 0 Å². The lowest BCUT2D eigenvalue weighted by Crippen LogP contribution is -2.31. The maximum Gasteiger partial charge on any atom is 0.299 e. The van der Waals surface area contributed by atoms with Crippen LogP contribution in [0.3, 0.4) is 0 Å². The molecule has 0 saturated carbocycles. The zero-order chi connectivity index (χ0) is 11.9. The van der Waals surface area contributed by atoms with Crippen molar-refractivity contribution in [1.29, 1.82) is 0 Å². The SMILES string of the molecule is O=C1C(=O)N(CCF)c2c(F)ccc(F)c21. The van der Waals surface area contributed by atoms with Crippen molar-refractivity contribution in [1.82, 2.24) is 0 Å². The minimum atomic E-state index is -1.14. The van der Waals surface area contributed by atoms with Crippen molar-refractivity contribution >= 4 is 17.4 Å². The van der Waals surface area contributed by atoms with E-state index in [9.17, 15) is 22.8 Å². The molecule has 1 aliphatic heterocycles. The molecular weight excluding hydrogens is 223 g/mol. The van der Waals surface area contributed by atoms with Gasteiger partial charge in [-0.15, -0.1) is 0 Å². The van der Waals surface area contributed by atoms with Crippen LogP contribution in [-0.4, -0.2) is 24.9 Å². The molecule has 0 aliphatic carbocycles. The largest absolute Gasteiger partial charge is 0.299 e. The van der Waals surface area contributed by atoms with E-state index in [0.29, 0.717) is 4.90 Å². The Morgan fingerprint density at radius 1 is 1.12 bits per heavy atom. The fourth-order valence-electron chi connectivity index (χ4n) is 1.65. The van der Waals surface area contributed by atoms with Crippen LogP contribution >= 0.6 is 0 Å². The van der Waals surface area contributed by atoms with Gasteiger partial charge < -0.3 is 0 Å². The number of hydrogen-bond donors (Lipinski definition) is 0. The fourth-order valence-corrected chi connectivity index (χ4v) is 1.65. The van der Waals surface area contributed by atoms with Gasteiger partial charge in [0.05, 0.1) is 17.8 Å². The smallest absolute Gasteiger partial charge is 0.299 e. The number of nitrogens with zero attached hydrogens (tertiary/aromatic N) is 1. The van der Waals surface area contributed by atoms with Crippen molar-refractivity contribution in [3.05, 3.63) is 29.3 Å². The number of anilines is 1. The van der Waals surface area contributed by atoms with Crippen LogP contribution in [0.15, 0.2) is 12.1 Å². The highest BCUT2D eigenvalue weighted by Gasteiger charge is 2.40. The van der Waals surface area contributed by atoms with Crippen LogP contribution < -0.4 is 4.90 Å². The van der Waals surface area contributed by atoms with Crippen molar-refractivity contribution in [2.75, 3.05) is 18.1 Å². The van der Waals surface area contributed by atoms with E-state index in [4.69, 9.17) is 0 Å². The first-order valence-electron chi connectivity index (χ1n) is 4.48. The summed E-state index contributed by atoms with van der Waals surface area (Å²) in [7, 11) is 0. The van der Waals surface area contributed by atoms with Crippen LogP contribution in [0, 0.1) is 11.6 Å². The van der Waals surface area contributed by atoms with Crippen molar-refractivity contribution in [3.63, 3.8) is 0 Å². The lowest BCUT2D eigenvalue weighted by Gasteiger charge is -2.14. The minimum Gasteiger partial charge on any atom is -0.299 e. The summed E-state index contributed by atoms with van der Waals surface area (Å²) in [5.74, 6) is -4.13. The van der Waals surface area contributed by atoms with Gasteiger partial charge in [0.25, 0.3) is 11.7 Å². The second-order valence-corrected chi connectivity index (χ2v) is 3.23. The number of fused-ring (bicyclic) bond motifs is 1. The molecule has 0 aromatic heterocycles. The molecule has 0 unspecified atom stereocenters. The summed E-state index contributed by atoms with van der Waals surface area (Å²) in [5, 5.41) is 0. The van der Waals surface area contributed by atoms with Crippen LogP contribution in [-0.2, 0) is 4.79 Å². The molecule has 3 nitrogen and oxygen atoms in total. The summed E-state index contributed by atoms with van der Waals surface area (Å²) in [6.45, 7) is -1.40. The monoisotopic (exact) mass is 229 g/mol. The number of benzene rings is 1. The van der Waals surface area contributed by atoms with Crippen LogP contribution in [0.4, 0.5) is 18.9 Å². The number of carbonyl (C=O) groups excluding carboxylic acids is 2. The number of amides is 1. The Morgan fingerprint density at radius 2 is 1.75 bits per heavy atom. The maximum absolute atomic E-state index is 13.4. The highest BCUT2D eigenvalue weighted by atomic mass is 19.1. The van der Waals surface area contributed by atoms with Crippen LogP contribution in [0.5, 0.6) is 0 Å². The molecule has 84 valence electrons. The average molecular weight is 229 g/mol. The molecule has 0 N–H and O–H groups in total. The summed E-state index contributed by atoms with van der Waals surface area (Å²) >= 11 is 0. The molecule has 0 spiro atoms. The van der Waals surface area contributed by atoms with E-state index in [1.54, 1.807) is 0 Å². The van der Waals surface area contributed by atoms with Crippen molar-refractivity contribution in [2.45, 2.75) is 0 Å². The van der Waals surface area contributed by atoms with Gasteiger partial charge in [-0.2, -0.15) is 0 Å². The molecule has 0 fully saturated rings. The molecule has 1 aliphatic rings. The Kier molecular flexibility index (Phi) is 2.41. The third kappa shape index (κ3) is 1.30. The summed E-state index contributed by atoms with van der Waals surface area (Å²) < 4.78 is 38.8. The number of ketones is 1. The Balaban J connectivity index is 2.64. The second kappa shape index (κ2) is 3.62. The zero-order valence-electron chi connectivity index (χ0n) is 7.97. The zero-order valence-corrected chi connectivity index (χ0v) is 7.97. The summed E-state index contributed by atoms with van der Waals surface area (Å²) in [4.78, 5) is 23.3. The molecule has 0 radical (unpaired) electrons. The molecule has 2 rings (SSSR count). The van der Waals surface area contributed by atoms with Crippen molar-refractivity contribution in [2.24, 2.45) is 0 Å². The standard InChI is InChI=1S/C10H6F3NO2/c11-3-4-14-8-6(13)2-1-5(12)7(8)9(15)10(14)16/h1-2H,3-4H2. The Labute approximate surface area is 88.5 Å². The van der Waals surface area contributed by atoms with E-state index in [0.717, 1.165) is 12.1 Å². The van der Waals surface area contributed by atoms with Gasteiger partial charge in [-0.3, -0.25) is 14.5 Å². The lowest BCUT2D eigenvalue weighted by atomic mass is 10.1. The molecule has 0 bridgehead atoms. The first-order chi connectivity index (χ1) is 7.57. The minimum absolute atomic E-state index is 0.460. The maximum atomic E-state index is 13.4. The molecule has 16 heavy (non-hydrogen) atoms. The van der Waals surface area contributed by atoms with Crippen molar-refractivity contribution < 1.29 is 22.8 Å². The normalized spacial score (nSPS) is 14.6. The van der Waals surface area contributed by atoms with Gasteiger partial charge in [-0.05, 0) is 12.1 Å². The number of alkyl halides is 1. The van der Waals surface area contributed by atoms with Gasteiger partial charge >= 0.3 is 0 Å². The lowest BCUT2D eigenvalue weighted by molar-refractivity contribution is -0.114. The van der Waals surface area contributed by atoms with E-state index >= 15 is 0 Å². The van der Waals surface area contributed by atoms with Gasteiger partial charge in [0.2, 0.25) is 0 Å². The van der Waals surface area contributed by atoms with Gasteiger partial charge in [0.1, 0.15) is 18.3 Å². The molecule has 6 heteroatoms. The first-order valence-corrected chi connectivity index (χ1v) is 4.48. The number of halogens is 3. The van der Waals surface area contributed by atoms with Crippen LogP contribution in [0.1, 0.15) is 10.4 Å². The van der Waals surface area contributed by atoms with Crippen LogP contribution in [0.25, 0.3) is 0 Å². The number of hydrogen-bond acceptors (Lipinski definition) is 2. The molecule has 1 amide bonds. The summed E-state index contributed by atoms with van der Waals surface area (Å²) in [5.41, 5.74) is -1.08. The van der Waals surface area contributed by atoms with Gasteiger partial charge in [-0.1, -0.05) is 0 Å². The van der Waals surface area contributed by atoms with Crippen molar-refractivity contribution in [3.8, 4) is 0 Å². The van der Waals surface area contributed by atoms with E-state index < -0.39 is 47.8 Å². The van der Waals surface area contributed by atoms with Gasteiger partial charge in [0, 0.05) is 0 Å². The van der Waals surface area contributed by atoms with E-state index in [-0.39, 0.29) is 0 Å². The molecule has 1 aromatic carbocycles. The number of rotatable bonds is 2.